The SMILES string of the molecule is CC/C=C\C/C=C\C=C\C(CCCCCCCC(=O)CC(CC(=O)CCCCCCC/C=C\CCCCCCCC)C(=O)CCCCCCC/C=C\C/C=C\CCCCC)C([CH]CCCCCCCC)CCCCCCCC(=O)CC(CC(=O)CCCCCCC/C=C\C/C=C\C/C=C\CC)C(=O)CCCCCCC/C=C\C/C=C\CCCCC. The predicted octanol–water partition coefficient (Wildman–Crippen LogP) is 36.6. The summed E-state index contributed by atoms with van der Waals surface area (Å²) < 4.78 is 0. The maximum Gasteiger partial charge on any atom is 0.136 e. The van der Waals surface area contributed by atoms with E-state index in [9.17, 15) is 28.8 Å². The van der Waals surface area contributed by atoms with Crippen LogP contribution in [0.4, 0.5) is 0 Å². The average Bonchev–Trinajstić information content (AvgIpc) is 0.903. The molecule has 6 heteroatoms. The first kappa shape index (κ1) is 115. The van der Waals surface area contributed by atoms with E-state index in [0.717, 1.165) is 244 Å². The highest BCUT2D eigenvalue weighted by Crippen LogP contribution is 2.32. The summed E-state index contributed by atoms with van der Waals surface area (Å²) in [5, 5.41) is 0. The monoisotopic (exact) mass is 1660 g/mol. The fourth-order valence-corrected chi connectivity index (χ4v) is 16.5. The lowest BCUT2D eigenvalue weighted by Gasteiger charge is -2.25. The molecule has 0 saturated carbocycles. The molecule has 0 saturated heterocycles. The molecule has 4 unspecified atom stereocenters. The molecule has 0 spiro atoms. The van der Waals surface area contributed by atoms with Crippen LogP contribution in [0.1, 0.15) is 523 Å². The van der Waals surface area contributed by atoms with E-state index in [0.29, 0.717) is 50.4 Å². The standard InChI is InChI=1S/C114H195O6/c1-7-13-19-25-31-35-39-43-47-51-55-59-65-75-85-95-109(115)101-107(113(119)99-89-79-67-61-57-53-49-45-41-37-33-27-21-15-9-3)103-111(117)97-87-77-69-73-83-93-105(91-81-71-63-29-23-17-11-5)106(92-82-72-64-30-24-18-12-6)94-84-74-70-78-88-98-112(118)104-108(114(120)100-90-80-68-62-58-54-50-46-42-38-34-28-22-16-10-4)102-110(116)96-86-76-66-60-56-52-48-44-40-36-32-26-20-14-8-2/h13,18-19,24,31,33-35,37-38,43-50,64,72,82,91-92,105-108H,7-12,14-17,20-23,25-30,32,36,39-42,51-63,65-71,73-81,83-90,93-104H2,1-6H3/b19-13-,24-18-,35-31-,37-33-,38-34-,47-43-,48-44-,49-45-,50-46-,72-64-,92-82+. The highest BCUT2D eigenvalue weighted by Gasteiger charge is 2.26. The Morgan fingerprint density at radius 3 is 0.742 bits per heavy atom. The van der Waals surface area contributed by atoms with Gasteiger partial charge in [0, 0.05) is 76.0 Å². The molecule has 120 heavy (non-hydrogen) atoms. The molecule has 0 rings (SSSR count). The maximum absolute atomic E-state index is 14.0. The lowest BCUT2D eigenvalue weighted by molar-refractivity contribution is -0.131. The molecule has 0 aromatic rings. The van der Waals surface area contributed by atoms with Gasteiger partial charge in [-0.3, -0.25) is 28.8 Å². The molecule has 6 nitrogen and oxygen atoms in total. The van der Waals surface area contributed by atoms with Gasteiger partial charge < -0.3 is 0 Å². The molecule has 0 amide bonds. The minimum absolute atomic E-state index is 0.122. The normalized spacial score (nSPS) is 13.5. The Labute approximate surface area is 745 Å². The summed E-state index contributed by atoms with van der Waals surface area (Å²) in [4.78, 5) is 82.6. The molecular weight excluding hydrogens is 1470 g/mol. The van der Waals surface area contributed by atoms with Gasteiger partial charge in [-0.15, -0.1) is 0 Å². The van der Waals surface area contributed by atoms with Gasteiger partial charge in [0.05, 0.1) is 0 Å². The number of hydrogen-bond donors (Lipinski definition) is 0. The molecular formula is C114H195O6. The molecule has 0 aromatic heterocycles. The van der Waals surface area contributed by atoms with E-state index in [1.165, 1.54) is 173 Å². The Balaban J connectivity index is 5.83. The Morgan fingerprint density at radius 1 is 0.200 bits per heavy atom. The molecule has 687 valence electrons. The highest BCUT2D eigenvalue weighted by atomic mass is 16.2. The minimum Gasteiger partial charge on any atom is -0.300 e. The number of carbonyl (C=O) groups excluding carboxylic acids is 6. The second-order valence-electron chi connectivity index (χ2n) is 35.9. The van der Waals surface area contributed by atoms with Crippen LogP contribution in [0.5, 0.6) is 0 Å². The van der Waals surface area contributed by atoms with Crippen molar-refractivity contribution < 1.29 is 28.8 Å². The van der Waals surface area contributed by atoms with E-state index in [1.807, 2.05) is 0 Å². The van der Waals surface area contributed by atoms with Crippen LogP contribution >= 0.6 is 0 Å². The summed E-state index contributed by atoms with van der Waals surface area (Å²) in [7, 11) is 0. The highest BCUT2D eigenvalue weighted by molar-refractivity contribution is 5.93. The maximum atomic E-state index is 14.0. The number of ketones is 6. The van der Waals surface area contributed by atoms with E-state index in [2.05, 4.69) is 182 Å². The van der Waals surface area contributed by atoms with E-state index in [4.69, 9.17) is 0 Å². The second-order valence-corrected chi connectivity index (χ2v) is 35.9. The van der Waals surface area contributed by atoms with Gasteiger partial charge in [0.2, 0.25) is 0 Å². The number of Topliss-reactive ketones (excluding diaryl/α,β-unsaturated/α-hetero) is 6. The van der Waals surface area contributed by atoms with E-state index in [-0.39, 0.29) is 60.4 Å². The molecule has 0 N–H and O–H groups in total. The van der Waals surface area contributed by atoms with Crippen LogP contribution in [0.15, 0.2) is 134 Å². The molecule has 0 aliphatic rings. The van der Waals surface area contributed by atoms with Crippen LogP contribution < -0.4 is 0 Å². The van der Waals surface area contributed by atoms with Crippen molar-refractivity contribution in [3.63, 3.8) is 0 Å². The van der Waals surface area contributed by atoms with Crippen LogP contribution in [0.25, 0.3) is 0 Å². The van der Waals surface area contributed by atoms with E-state index < -0.39 is 11.8 Å². The zero-order valence-electron chi connectivity index (χ0n) is 80.1. The first-order chi connectivity index (χ1) is 59.1. The third-order valence-electron chi connectivity index (χ3n) is 24.2. The van der Waals surface area contributed by atoms with Crippen LogP contribution in [0.2, 0.25) is 0 Å². The fourth-order valence-electron chi connectivity index (χ4n) is 16.5. The van der Waals surface area contributed by atoms with Gasteiger partial charge in [0.15, 0.2) is 0 Å². The summed E-state index contributed by atoms with van der Waals surface area (Å²) in [5.74, 6) is 0.850. The minimum atomic E-state index is -0.485. The van der Waals surface area contributed by atoms with Crippen molar-refractivity contribution in [1.29, 1.82) is 0 Å². The summed E-state index contributed by atoms with van der Waals surface area (Å²) in [6.45, 7) is 13.4. The van der Waals surface area contributed by atoms with Gasteiger partial charge >= 0.3 is 0 Å². The Bertz CT molecular complexity index is 2650. The Kier molecular flexibility index (Phi) is 92.5. The van der Waals surface area contributed by atoms with Gasteiger partial charge in [-0.1, -0.05) is 400 Å². The summed E-state index contributed by atoms with van der Waals surface area (Å²) in [5.41, 5.74) is 0. The summed E-state index contributed by atoms with van der Waals surface area (Å²) in [6, 6.07) is 0. The number of unbranched alkanes of at least 4 members (excludes halogenated alkanes) is 46. The number of allylic oxidation sites excluding steroid dienone is 22. The topological polar surface area (TPSA) is 102 Å². The third kappa shape index (κ3) is 85.3. The first-order valence-electron chi connectivity index (χ1n) is 52.2. The van der Waals surface area contributed by atoms with Crippen molar-refractivity contribution in [2.45, 2.75) is 523 Å². The van der Waals surface area contributed by atoms with Gasteiger partial charge in [-0.25, -0.2) is 0 Å². The molecule has 0 heterocycles. The summed E-state index contributed by atoms with van der Waals surface area (Å²) in [6.07, 6.45) is 131. The average molecular weight is 1660 g/mol. The lowest BCUT2D eigenvalue weighted by Crippen LogP contribution is -2.22. The van der Waals surface area contributed by atoms with Gasteiger partial charge in [-0.2, -0.15) is 0 Å². The van der Waals surface area contributed by atoms with Crippen molar-refractivity contribution in [3.8, 4) is 0 Å². The van der Waals surface area contributed by atoms with Crippen molar-refractivity contribution in [3.05, 3.63) is 140 Å². The molecule has 0 aromatic carbocycles. The van der Waals surface area contributed by atoms with Crippen LogP contribution in [-0.2, 0) is 28.8 Å². The number of hydrogen-bond acceptors (Lipinski definition) is 6. The quantitative estimate of drug-likeness (QED) is 0.0341. The van der Waals surface area contributed by atoms with Gasteiger partial charge in [0.25, 0.3) is 0 Å². The molecule has 4 atom stereocenters. The van der Waals surface area contributed by atoms with Crippen LogP contribution in [0.3, 0.4) is 0 Å². The largest absolute Gasteiger partial charge is 0.300 e. The Morgan fingerprint density at radius 2 is 0.425 bits per heavy atom. The zero-order chi connectivity index (χ0) is 87.1. The molecule has 0 bridgehead atoms. The Hall–Kier alpha value is -4.84. The molecule has 0 aliphatic carbocycles. The van der Waals surface area contributed by atoms with Gasteiger partial charge in [-0.05, 0) is 211 Å². The van der Waals surface area contributed by atoms with Crippen LogP contribution in [-0.4, -0.2) is 34.7 Å². The van der Waals surface area contributed by atoms with Crippen molar-refractivity contribution in [2.75, 3.05) is 0 Å². The van der Waals surface area contributed by atoms with Crippen LogP contribution in [0, 0.1) is 30.1 Å². The van der Waals surface area contributed by atoms with E-state index in [1.54, 1.807) is 0 Å². The zero-order valence-corrected chi connectivity index (χ0v) is 80.1. The van der Waals surface area contributed by atoms with Crippen molar-refractivity contribution >= 4 is 34.7 Å². The van der Waals surface area contributed by atoms with E-state index >= 15 is 0 Å². The van der Waals surface area contributed by atoms with Gasteiger partial charge in [0.1, 0.15) is 34.7 Å². The molecule has 1 radical (unpaired) electrons. The fraction of sp³-hybridized carbons (Fsp3) is 0.746. The molecule has 0 fully saturated rings. The third-order valence-corrected chi connectivity index (χ3v) is 24.2. The van der Waals surface area contributed by atoms with Crippen molar-refractivity contribution in [2.24, 2.45) is 23.7 Å². The summed E-state index contributed by atoms with van der Waals surface area (Å²) >= 11 is 0. The first-order valence-corrected chi connectivity index (χ1v) is 52.2. The predicted molar refractivity (Wildman–Crippen MR) is 529 cm³/mol. The lowest BCUT2D eigenvalue weighted by atomic mass is 9.80. The van der Waals surface area contributed by atoms with Crippen molar-refractivity contribution in [1.82, 2.24) is 0 Å². The number of carbonyl (C=O) groups is 6. The molecule has 0 aliphatic heterocycles. The smallest absolute Gasteiger partial charge is 0.136 e. The number of rotatable bonds is 96. The second kappa shape index (κ2) is 96.4.